The first kappa shape index (κ1) is 13.5. The molecule has 0 heterocycles. The van der Waals surface area contributed by atoms with Gasteiger partial charge < -0.3 is 0 Å². The van der Waals surface area contributed by atoms with Gasteiger partial charge in [0, 0.05) is 5.56 Å². The summed E-state index contributed by atoms with van der Waals surface area (Å²) < 4.78 is 24.6. The van der Waals surface area contributed by atoms with Crippen molar-refractivity contribution in [2.45, 2.75) is 6.92 Å². The molecule has 1 aromatic carbocycles. The number of amides is 1. The van der Waals surface area contributed by atoms with Crippen molar-refractivity contribution in [3.05, 3.63) is 29.3 Å². The highest BCUT2D eigenvalue weighted by Crippen LogP contribution is 2.17. The first-order valence-electron chi connectivity index (χ1n) is 4.75. The van der Waals surface area contributed by atoms with Gasteiger partial charge in [0.05, 0.1) is 19.1 Å². The summed E-state index contributed by atoms with van der Waals surface area (Å²) in [5.41, 5.74) is 3.56. The van der Waals surface area contributed by atoms with Crippen LogP contribution in [0.5, 0.6) is 0 Å². The molecule has 94 valence electrons. The maximum absolute atomic E-state index is 11.5. The molecule has 0 fully saturated rings. The molecular weight excluding hydrogens is 244 g/mol. The van der Waals surface area contributed by atoms with Crippen molar-refractivity contribution in [3.63, 3.8) is 0 Å². The van der Waals surface area contributed by atoms with Gasteiger partial charge in [-0.15, -0.1) is 0 Å². The van der Waals surface area contributed by atoms with Gasteiger partial charge in [0.2, 0.25) is 10.0 Å². The second kappa shape index (κ2) is 5.15. The van der Waals surface area contributed by atoms with Crippen LogP contribution in [0.4, 0.5) is 5.69 Å². The smallest absolute Gasteiger partial charge is 0.274 e. The lowest BCUT2D eigenvalue weighted by Gasteiger charge is -2.09. The van der Waals surface area contributed by atoms with Crippen LogP contribution in [-0.4, -0.2) is 27.7 Å². The Balaban J connectivity index is 3.06. The quantitative estimate of drug-likeness (QED) is 0.777. The topological polar surface area (TPSA) is 84.5 Å². The first-order valence-corrected chi connectivity index (χ1v) is 6.64. The Hall–Kier alpha value is -1.60. The molecule has 0 aliphatic rings. The van der Waals surface area contributed by atoms with Gasteiger partial charge in [0.1, 0.15) is 0 Å². The number of carbonyl (C=O) groups excluding carboxylic acids is 1. The molecule has 1 amide bonds. The van der Waals surface area contributed by atoms with Gasteiger partial charge in [0.15, 0.2) is 0 Å². The van der Waals surface area contributed by atoms with Gasteiger partial charge in [0.25, 0.3) is 5.91 Å². The first-order chi connectivity index (χ1) is 7.83. The van der Waals surface area contributed by atoms with Crippen LogP contribution >= 0.6 is 0 Å². The summed E-state index contributed by atoms with van der Waals surface area (Å²) in [5.74, 6) is -0.441. The summed E-state index contributed by atoms with van der Waals surface area (Å²) in [4.78, 5) is 16.0. The zero-order chi connectivity index (χ0) is 13.1. The summed E-state index contributed by atoms with van der Waals surface area (Å²) in [6, 6.07) is 4.68. The Morgan fingerprint density at radius 2 is 2.00 bits per heavy atom. The molecule has 0 spiro atoms. The summed E-state index contributed by atoms with van der Waals surface area (Å²) in [7, 11) is -2.05. The van der Waals surface area contributed by atoms with Crippen molar-refractivity contribution >= 4 is 21.6 Å². The van der Waals surface area contributed by atoms with Crippen molar-refractivity contribution in [2.24, 2.45) is 0 Å². The van der Waals surface area contributed by atoms with Crippen LogP contribution < -0.4 is 10.2 Å². The number of anilines is 1. The van der Waals surface area contributed by atoms with E-state index in [2.05, 4.69) is 15.0 Å². The van der Waals surface area contributed by atoms with Crippen LogP contribution in [0.1, 0.15) is 15.9 Å². The minimum absolute atomic E-state index is 0.309. The highest BCUT2D eigenvalue weighted by Gasteiger charge is 2.10. The van der Waals surface area contributed by atoms with Crippen LogP contribution in [0.25, 0.3) is 0 Å². The molecule has 0 bridgehead atoms. The van der Waals surface area contributed by atoms with E-state index in [0.717, 1.165) is 11.8 Å². The van der Waals surface area contributed by atoms with E-state index in [9.17, 15) is 13.2 Å². The summed E-state index contributed by atoms with van der Waals surface area (Å²) in [6.45, 7) is 1.74. The molecule has 0 aromatic heterocycles. The Morgan fingerprint density at radius 1 is 1.35 bits per heavy atom. The molecule has 0 aliphatic carbocycles. The van der Waals surface area contributed by atoms with Crippen molar-refractivity contribution in [3.8, 4) is 0 Å². The van der Waals surface area contributed by atoms with Gasteiger partial charge >= 0.3 is 0 Å². The number of nitrogens with one attached hydrogen (secondary N) is 2. The zero-order valence-electron chi connectivity index (χ0n) is 9.77. The molecule has 7 heteroatoms. The summed E-state index contributed by atoms with van der Waals surface area (Å²) in [6.07, 6.45) is 1.05. The van der Waals surface area contributed by atoms with E-state index in [-0.39, 0.29) is 0 Å². The number of rotatable bonds is 4. The van der Waals surface area contributed by atoms with E-state index in [1.165, 1.54) is 13.2 Å². The molecular formula is C10H14N2O4S. The van der Waals surface area contributed by atoms with Crippen LogP contribution in [0, 0.1) is 6.92 Å². The Labute approximate surface area is 100.0 Å². The average Bonchev–Trinajstić information content (AvgIpc) is 2.19. The summed E-state index contributed by atoms with van der Waals surface area (Å²) >= 11 is 0. The number of hydrogen-bond donors (Lipinski definition) is 2. The number of benzene rings is 1. The van der Waals surface area contributed by atoms with Crippen molar-refractivity contribution in [1.29, 1.82) is 0 Å². The predicted octanol–water partition coefficient (Wildman–Crippen LogP) is 0.658. The highest BCUT2D eigenvalue weighted by atomic mass is 32.2. The van der Waals surface area contributed by atoms with Gasteiger partial charge in [-0.05, 0) is 24.6 Å². The fraction of sp³-hybridized carbons (Fsp3) is 0.300. The van der Waals surface area contributed by atoms with Crippen LogP contribution in [0.3, 0.4) is 0 Å². The molecule has 1 aromatic rings. The van der Waals surface area contributed by atoms with Crippen molar-refractivity contribution in [2.75, 3.05) is 18.1 Å². The third kappa shape index (κ3) is 4.04. The third-order valence-corrected chi connectivity index (χ3v) is 2.58. The monoisotopic (exact) mass is 258 g/mol. The normalized spacial score (nSPS) is 11.0. The zero-order valence-corrected chi connectivity index (χ0v) is 10.6. The highest BCUT2D eigenvalue weighted by molar-refractivity contribution is 7.92. The molecule has 1 rings (SSSR count). The van der Waals surface area contributed by atoms with E-state index in [1.54, 1.807) is 19.1 Å². The van der Waals surface area contributed by atoms with Crippen LogP contribution in [0.2, 0.25) is 0 Å². The number of hydroxylamine groups is 1. The Kier molecular flexibility index (Phi) is 4.08. The van der Waals surface area contributed by atoms with Crippen molar-refractivity contribution in [1.82, 2.24) is 5.48 Å². The number of carbonyl (C=O) groups is 1. The van der Waals surface area contributed by atoms with E-state index >= 15 is 0 Å². The van der Waals surface area contributed by atoms with E-state index in [1.807, 2.05) is 0 Å². The molecule has 6 nitrogen and oxygen atoms in total. The Bertz CT molecular complexity index is 525. The number of sulfonamides is 1. The average molecular weight is 258 g/mol. The lowest BCUT2D eigenvalue weighted by molar-refractivity contribution is 0.0537. The minimum Gasteiger partial charge on any atom is -0.283 e. The van der Waals surface area contributed by atoms with Gasteiger partial charge in [-0.2, -0.15) is 0 Å². The number of aryl methyl sites for hydroxylation is 1. The largest absolute Gasteiger partial charge is 0.283 e. The van der Waals surface area contributed by atoms with E-state index in [0.29, 0.717) is 11.3 Å². The second-order valence-corrected chi connectivity index (χ2v) is 5.29. The molecule has 0 unspecified atom stereocenters. The molecule has 0 saturated carbocycles. The van der Waals surface area contributed by atoms with Crippen LogP contribution in [0.15, 0.2) is 18.2 Å². The maximum atomic E-state index is 11.5. The number of hydrogen-bond acceptors (Lipinski definition) is 4. The fourth-order valence-electron chi connectivity index (χ4n) is 1.22. The lowest BCUT2D eigenvalue weighted by Crippen LogP contribution is -2.22. The van der Waals surface area contributed by atoms with E-state index < -0.39 is 15.9 Å². The molecule has 0 saturated heterocycles. The molecule has 2 N–H and O–H groups in total. The molecule has 0 radical (unpaired) electrons. The fourth-order valence-corrected chi connectivity index (χ4v) is 1.84. The van der Waals surface area contributed by atoms with Crippen molar-refractivity contribution < 1.29 is 18.0 Å². The van der Waals surface area contributed by atoms with Gasteiger partial charge in [-0.25, -0.2) is 13.9 Å². The van der Waals surface area contributed by atoms with Gasteiger partial charge in [-0.3, -0.25) is 14.4 Å². The SMILES string of the molecule is CONC(=O)c1ccc(C)c(NS(C)(=O)=O)c1. The van der Waals surface area contributed by atoms with E-state index in [4.69, 9.17) is 0 Å². The standard InChI is InChI=1S/C10H14N2O4S/c1-7-4-5-8(10(13)11-16-2)6-9(7)12-17(3,14)15/h4-6,12H,1-3H3,(H,11,13). The van der Waals surface area contributed by atoms with Gasteiger partial charge in [-0.1, -0.05) is 6.07 Å². The maximum Gasteiger partial charge on any atom is 0.274 e. The second-order valence-electron chi connectivity index (χ2n) is 3.54. The lowest BCUT2D eigenvalue weighted by atomic mass is 10.1. The molecule has 0 aliphatic heterocycles. The predicted molar refractivity (Wildman–Crippen MR) is 64.1 cm³/mol. The van der Waals surface area contributed by atoms with Crippen LogP contribution in [-0.2, 0) is 14.9 Å². The molecule has 0 atom stereocenters. The summed E-state index contributed by atoms with van der Waals surface area (Å²) in [5, 5.41) is 0. The molecule has 17 heavy (non-hydrogen) atoms. The minimum atomic E-state index is -3.37. The Morgan fingerprint density at radius 3 is 2.53 bits per heavy atom. The third-order valence-electron chi connectivity index (χ3n) is 1.99.